The Morgan fingerprint density at radius 1 is 1.50 bits per heavy atom. The van der Waals surface area contributed by atoms with Gasteiger partial charge in [-0.25, -0.2) is 0 Å². The van der Waals surface area contributed by atoms with Crippen molar-refractivity contribution in [2.24, 2.45) is 0 Å². The van der Waals surface area contributed by atoms with Crippen molar-refractivity contribution in [2.45, 2.75) is 19.4 Å². The highest BCUT2D eigenvalue weighted by Gasteiger charge is 2.24. The Bertz CT molecular complexity index is 574. The molecule has 0 aliphatic heterocycles. The number of hydrogen-bond acceptors (Lipinski definition) is 4. The van der Waals surface area contributed by atoms with E-state index in [1.165, 1.54) is 11.3 Å². The molecule has 0 amide bonds. The summed E-state index contributed by atoms with van der Waals surface area (Å²) in [5.74, 6) is 0.602. The number of carbonyl (C=O) groups excluding carboxylic acids is 1. The minimum absolute atomic E-state index is 0.602. The zero-order chi connectivity index (χ0) is 13.3. The highest BCUT2D eigenvalue weighted by molar-refractivity contribution is 7.09. The number of aromatic nitrogens is 2. The summed E-state index contributed by atoms with van der Waals surface area (Å²) in [4.78, 5) is 11.1. The first kappa shape index (κ1) is 13.1. The molecule has 2 rings (SSSR count). The molecule has 0 N–H and O–H groups in total. The number of thiophene rings is 1. The van der Waals surface area contributed by atoms with Gasteiger partial charge >= 0.3 is 0 Å². The summed E-state index contributed by atoms with van der Waals surface area (Å²) < 4.78 is 6.88. The lowest BCUT2D eigenvalue weighted by Crippen LogP contribution is -2.28. The van der Waals surface area contributed by atoms with E-state index in [-0.39, 0.29) is 0 Å². The van der Waals surface area contributed by atoms with Gasteiger partial charge in [0.1, 0.15) is 17.5 Å². The zero-order valence-electron chi connectivity index (χ0n) is 10.3. The van der Waals surface area contributed by atoms with Crippen molar-refractivity contribution in [2.75, 3.05) is 7.11 Å². The molecule has 0 radical (unpaired) electrons. The fraction of sp³-hybridized carbons (Fsp3) is 0.333. The number of ether oxygens (including phenoxy) is 1. The Morgan fingerprint density at radius 3 is 2.72 bits per heavy atom. The second-order valence-electron chi connectivity index (χ2n) is 4.40. The van der Waals surface area contributed by atoms with Crippen LogP contribution < -0.4 is 4.74 Å². The van der Waals surface area contributed by atoms with Gasteiger partial charge in [0, 0.05) is 16.3 Å². The van der Waals surface area contributed by atoms with Crippen molar-refractivity contribution in [1.29, 1.82) is 0 Å². The van der Waals surface area contributed by atoms with Crippen molar-refractivity contribution < 1.29 is 9.53 Å². The second-order valence-corrected chi connectivity index (χ2v) is 5.55. The van der Waals surface area contributed by atoms with E-state index >= 15 is 0 Å². The van der Waals surface area contributed by atoms with Gasteiger partial charge in [0.25, 0.3) is 0 Å². The third-order valence-corrected chi connectivity index (χ3v) is 3.83. The molecule has 0 aromatic carbocycles. The molecule has 4 nitrogen and oxygen atoms in total. The Labute approximate surface area is 114 Å². The smallest absolute Gasteiger partial charge is 0.164 e. The fourth-order valence-corrected chi connectivity index (χ4v) is 2.55. The number of halogens is 1. The molecule has 0 aliphatic rings. The summed E-state index contributed by atoms with van der Waals surface area (Å²) in [6.07, 6.45) is 2.55. The molecule has 0 saturated heterocycles. The maximum Gasteiger partial charge on any atom is 0.164 e. The average Bonchev–Trinajstić information content (AvgIpc) is 2.94. The van der Waals surface area contributed by atoms with Crippen LogP contribution >= 0.6 is 22.9 Å². The summed E-state index contributed by atoms with van der Waals surface area (Å²) in [5, 5.41) is 8.78. The van der Waals surface area contributed by atoms with E-state index in [1.807, 2.05) is 10.8 Å². The number of aldehydes is 1. The molecule has 0 atom stereocenters. The maximum atomic E-state index is 11.1. The molecule has 0 fully saturated rings. The summed E-state index contributed by atoms with van der Waals surface area (Å²) >= 11 is 7.59. The fourth-order valence-electron chi connectivity index (χ4n) is 1.49. The first-order chi connectivity index (χ1) is 8.49. The molecule has 0 bridgehead atoms. The van der Waals surface area contributed by atoms with E-state index in [9.17, 15) is 4.79 Å². The van der Waals surface area contributed by atoms with Gasteiger partial charge in [-0.2, -0.15) is 16.4 Å². The van der Waals surface area contributed by atoms with Crippen molar-refractivity contribution in [3.63, 3.8) is 0 Å². The van der Waals surface area contributed by atoms with Crippen LogP contribution in [0.5, 0.6) is 5.75 Å². The maximum absolute atomic E-state index is 11.1. The van der Waals surface area contributed by atoms with E-state index < -0.39 is 5.54 Å². The normalized spacial score (nSPS) is 11.6. The molecule has 0 unspecified atom stereocenters. The molecule has 2 aromatic rings. The van der Waals surface area contributed by atoms with Gasteiger partial charge in [0.05, 0.1) is 18.3 Å². The van der Waals surface area contributed by atoms with E-state index in [1.54, 1.807) is 31.8 Å². The molecule has 0 aliphatic carbocycles. The zero-order valence-corrected chi connectivity index (χ0v) is 11.9. The molecular weight excluding hydrogens is 272 g/mol. The molecule has 96 valence electrons. The van der Waals surface area contributed by atoms with E-state index in [0.29, 0.717) is 16.5 Å². The highest BCUT2D eigenvalue weighted by atomic mass is 35.5. The molecule has 0 saturated carbocycles. The van der Waals surface area contributed by atoms with Crippen LogP contribution in [0, 0.1) is 0 Å². The average molecular weight is 285 g/mol. The van der Waals surface area contributed by atoms with Gasteiger partial charge in [0.2, 0.25) is 0 Å². The lowest BCUT2D eigenvalue weighted by atomic mass is 10.1. The minimum Gasteiger partial charge on any atom is -0.493 e. The third kappa shape index (κ3) is 2.15. The summed E-state index contributed by atoms with van der Waals surface area (Å²) in [7, 11) is 1.57. The van der Waals surface area contributed by atoms with Crippen molar-refractivity contribution in [3.8, 4) is 17.0 Å². The quantitative estimate of drug-likeness (QED) is 0.810. The van der Waals surface area contributed by atoms with Crippen LogP contribution in [0.1, 0.15) is 13.8 Å². The SMILES string of the molecule is COc1cn(C(C)(C)C=O)nc1-c1cscc1Cl. The Balaban J connectivity index is 2.56. The molecule has 0 spiro atoms. The van der Waals surface area contributed by atoms with Crippen LogP contribution in [-0.4, -0.2) is 23.2 Å². The molecule has 6 heteroatoms. The van der Waals surface area contributed by atoms with Gasteiger partial charge in [0.15, 0.2) is 5.75 Å². The van der Waals surface area contributed by atoms with E-state index in [0.717, 1.165) is 11.8 Å². The molecular formula is C12H13ClN2O2S. The van der Waals surface area contributed by atoms with Crippen molar-refractivity contribution in [3.05, 3.63) is 22.0 Å². The largest absolute Gasteiger partial charge is 0.493 e. The summed E-state index contributed by atoms with van der Waals surface area (Å²) in [6.45, 7) is 3.57. The van der Waals surface area contributed by atoms with Crippen LogP contribution in [-0.2, 0) is 10.3 Å². The van der Waals surface area contributed by atoms with Gasteiger partial charge < -0.3 is 9.53 Å². The van der Waals surface area contributed by atoms with Crippen LogP contribution in [0.25, 0.3) is 11.3 Å². The second kappa shape index (κ2) is 4.74. The number of methoxy groups -OCH3 is 1. The Morgan fingerprint density at radius 2 is 2.22 bits per heavy atom. The Kier molecular flexibility index (Phi) is 3.45. The van der Waals surface area contributed by atoms with E-state index in [2.05, 4.69) is 5.10 Å². The molecule has 2 heterocycles. The number of carbonyl (C=O) groups is 1. The van der Waals surface area contributed by atoms with Crippen LogP contribution in [0.15, 0.2) is 17.0 Å². The predicted molar refractivity (Wildman–Crippen MR) is 72.5 cm³/mol. The lowest BCUT2D eigenvalue weighted by molar-refractivity contribution is -0.114. The van der Waals surface area contributed by atoms with Gasteiger partial charge in [-0.1, -0.05) is 11.6 Å². The topological polar surface area (TPSA) is 44.1 Å². The van der Waals surface area contributed by atoms with Gasteiger partial charge in [-0.3, -0.25) is 4.68 Å². The van der Waals surface area contributed by atoms with Crippen molar-refractivity contribution >= 4 is 29.2 Å². The first-order valence-electron chi connectivity index (χ1n) is 5.32. The van der Waals surface area contributed by atoms with Crippen LogP contribution in [0.3, 0.4) is 0 Å². The number of rotatable bonds is 4. The van der Waals surface area contributed by atoms with Crippen LogP contribution in [0.4, 0.5) is 0 Å². The van der Waals surface area contributed by atoms with E-state index in [4.69, 9.17) is 16.3 Å². The number of hydrogen-bond donors (Lipinski definition) is 0. The van der Waals surface area contributed by atoms with Crippen molar-refractivity contribution in [1.82, 2.24) is 9.78 Å². The molecule has 2 aromatic heterocycles. The summed E-state index contributed by atoms with van der Waals surface area (Å²) in [6, 6.07) is 0. The lowest BCUT2D eigenvalue weighted by Gasteiger charge is -2.16. The monoisotopic (exact) mass is 284 g/mol. The standard InChI is InChI=1S/C12H13ClN2O2S/c1-12(2,7-16)15-4-10(17-3)11(14-15)8-5-18-6-9(8)13/h4-7H,1-3H3. The predicted octanol–water partition coefficient (Wildman–Crippen LogP) is 3.21. The van der Waals surface area contributed by atoms with Gasteiger partial charge in [-0.15, -0.1) is 0 Å². The highest BCUT2D eigenvalue weighted by Crippen LogP contribution is 2.36. The van der Waals surface area contributed by atoms with Gasteiger partial charge in [-0.05, 0) is 13.8 Å². The molecule has 18 heavy (non-hydrogen) atoms. The Hall–Kier alpha value is -1.33. The minimum atomic E-state index is -0.714. The van der Waals surface area contributed by atoms with Crippen LogP contribution in [0.2, 0.25) is 5.02 Å². The number of nitrogens with zero attached hydrogens (tertiary/aromatic N) is 2. The first-order valence-corrected chi connectivity index (χ1v) is 6.64. The summed E-state index contributed by atoms with van der Waals surface area (Å²) in [5.41, 5.74) is 0.756. The third-order valence-electron chi connectivity index (χ3n) is 2.65.